The van der Waals surface area contributed by atoms with Gasteiger partial charge in [-0.05, 0) is 45.3 Å². The van der Waals surface area contributed by atoms with Crippen LogP contribution in [0.2, 0.25) is 18.1 Å². The van der Waals surface area contributed by atoms with Crippen molar-refractivity contribution >= 4 is 51.9 Å². The number of aromatic nitrogens is 1. The lowest BCUT2D eigenvalue weighted by atomic mass is 9.97. The third-order valence-electron chi connectivity index (χ3n) is 7.64. The van der Waals surface area contributed by atoms with Gasteiger partial charge in [0.2, 0.25) is 0 Å². The van der Waals surface area contributed by atoms with Crippen LogP contribution in [-0.4, -0.2) is 12.6 Å². The van der Waals surface area contributed by atoms with Crippen molar-refractivity contribution in [1.82, 2.24) is 4.57 Å². The van der Waals surface area contributed by atoms with Crippen molar-refractivity contribution in [3.05, 3.63) is 114 Å². The molecule has 35 heavy (non-hydrogen) atoms. The van der Waals surface area contributed by atoms with Crippen LogP contribution in [0.25, 0.3) is 49.7 Å². The van der Waals surface area contributed by atoms with Crippen molar-refractivity contribution < 1.29 is 0 Å². The zero-order valence-corrected chi connectivity index (χ0v) is 21.5. The van der Waals surface area contributed by atoms with Gasteiger partial charge in [0.15, 0.2) is 0 Å². The summed E-state index contributed by atoms with van der Waals surface area (Å²) in [5, 5.41) is 6.25. The first-order valence-electron chi connectivity index (χ1n) is 12.1. The Morgan fingerprint density at radius 3 is 1.91 bits per heavy atom. The highest BCUT2D eigenvalue weighted by molar-refractivity contribution is 7.04. The molecule has 0 unspecified atom stereocenters. The summed E-state index contributed by atoms with van der Waals surface area (Å²) < 4.78 is 2.36. The van der Waals surface area contributed by atoms with Gasteiger partial charge in [0.1, 0.15) is 8.07 Å². The summed E-state index contributed by atoms with van der Waals surface area (Å²) in [6.45, 7) is 4.98. The predicted octanol–water partition coefficient (Wildman–Crippen LogP) is 7.91. The summed E-state index contributed by atoms with van der Waals surface area (Å²) in [6, 6.07) is 39.4. The first-order chi connectivity index (χ1) is 17.1. The third kappa shape index (κ3) is 2.81. The zero-order chi connectivity index (χ0) is 23.7. The molecule has 0 spiro atoms. The summed E-state index contributed by atoms with van der Waals surface area (Å²) >= 11 is 6.87. The van der Waals surface area contributed by atoms with E-state index in [-0.39, 0.29) is 0 Å². The Kier molecular flexibility index (Phi) is 4.42. The Morgan fingerprint density at radius 1 is 0.543 bits per heavy atom. The molecule has 6 aromatic rings. The summed E-state index contributed by atoms with van der Waals surface area (Å²) in [6.07, 6.45) is 0. The smallest absolute Gasteiger partial charge is 0.114 e. The van der Waals surface area contributed by atoms with Gasteiger partial charge in [-0.25, -0.2) is 0 Å². The van der Waals surface area contributed by atoms with Crippen molar-refractivity contribution in [1.29, 1.82) is 0 Å². The minimum Gasteiger partial charge on any atom is -0.307 e. The number of nitrogens with zero attached hydrogens (tertiary/aromatic N) is 1. The van der Waals surface area contributed by atoms with Crippen LogP contribution in [0.4, 0.5) is 0 Å². The highest BCUT2D eigenvalue weighted by atomic mass is 35.5. The number of benzene rings is 5. The standard InChI is InChI=1S/C32H24ClNSi/c1-35(2)29-20-7-6-13-22(29)26-17-9-18-27(32(26)35)25-15-8-14-23-24-16-10-19-28(33)31(24)34(30(23)25)21-11-4-3-5-12-21/h3-20H,1-2H3. The van der Waals surface area contributed by atoms with Crippen LogP contribution in [-0.2, 0) is 0 Å². The maximum Gasteiger partial charge on any atom is 0.114 e. The Labute approximate surface area is 211 Å². The maximum absolute atomic E-state index is 6.87. The molecule has 7 rings (SSSR count). The van der Waals surface area contributed by atoms with Crippen molar-refractivity contribution in [2.45, 2.75) is 13.1 Å². The summed E-state index contributed by atoms with van der Waals surface area (Å²) in [5.41, 5.74) is 8.82. The van der Waals surface area contributed by atoms with E-state index < -0.39 is 8.07 Å². The molecule has 0 radical (unpaired) electrons. The molecule has 1 nitrogen and oxygen atoms in total. The number of hydrogen-bond acceptors (Lipinski definition) is 0. The van der Waals surface area contributed by atoms with Crippen LogP contribution < -0.4 is 10.4 Å². The van der Waals surface area contributed by atoms with Gasteiger partial charge in [0, 0.05) is 22.0 Å². The molecule has 0 saturated carbocycles. The van der Waals surface area contributed by atoms with Gasteiger partial charge in [-0.3, -0.25) is 0 Å². The molecule has 1 aromatic heterocycles. The van der Waals surface area contributed by atoms with Gasteiger partial charge in [0.05, 0.1) is 16.1 Å². The highest BCUT2D eigenvalue weighted by Crippen LogP contribution is 2.42. The lowest BCUT2D eigenvalue weighted by Crippen LogP contribution is -2.50. The lowest BCUT2D eigenvalue weighted by molar-refractivity contribution is 1.18. The van der Waals surface area contributed by atoms with E-state index in [0.29, 0.717) is 0 Å². The Bertz CT molecular complexity index is 1780. The Balaban J connectivity index is 1.65. The summed E-state index contributed by atoms with van der Waals surface area (Å²) in [4.78, 5) is 0. The monoisotopic (exact) mass is 485 g/mol. The molecular formula is C32H24ClNSi. The van der Waals surface area contributed by atoms with Crippen molar-refractivity contribution in [2.24, 2.45) is 0 Å². The molecule has 0 aliphatic carbocycles. The molecule has 1 aliphatic heterocycles. The molecule has 0 fully saturated rings. The van der Waals surface area contributed by atoms with Crippen molar-refractivity contribution in [2.75, 3.05) is 0 Å². The van der Waals surface area contributed by atoms with E-state index in [0.717, 1.165) is 16.2 Å². The molecule has 3 heteroatoms. The number of para-hydroxylation sites is 3. The number of hydrogen-bond donors (Lipinski definition) is 0. The third-order valence-corrected chi connectivity index (χ3v) is 11.5. The molecule has 2 heterocycles. The molecule has 5 aromatic carbocycles. The van der Waals surface area contributed by atoms with Gasteiger partial charge in [-0.1, -0.05) is 116 Å². The molecule has 0 amide bonds. The fraction of sp³-hybridized carbons (Fsp3) is 0.0625. The zero-order valence-electron chi connectivity index (χ0n) is 19.7. The normalized spacial score (nSPS) is 13.8. The second-order valence-corrected chi connectivity index (χ2v) is 14.6. The minimum absolute atomic E-state index is 0.772. The maximum atomic E-state index is 6.87. The molecule has 0 saturated heterocycles. The average Bonchev–Trinajstić information content (AvgIpc) is 3.36. The topological polar surface area (TPSA) is 4.93 Å². The van der Waals surface area contributed by atoms with Gasteiger partial charge in [0.25, 0.3) is 0 Å². The van der Waals surface area contributed by atoms with E-state index in [1.807, 2.05) is 6.07 Å². The van der Waals surface area contributed by atoms with E-state index >= 15 is 0 Å². The van der Waals surface area contributed by atoms with E-state index in [1.54, 1.807) is 0 Å². The van der Waals surface area contributed by atoms with Gasteiger partial charge < -0.3 is 4.57 Å². The van der Waals surface area contributed by atoms with Gasteiger partial charge in [-0.2, -0.15) is 0 Å². The fourth-order valence-corrected chi connectivity index (χ4v) is 9.91. The first-order valence-corrected chi connectivity index (χ1v) is 15.5. The number of halogens is 1. The second kappa shape index (κ2) is 7.45. The SMILES string of the molecule is C[Si]1(C)c2ccccc2-c2cccc(-c3cccc4c5cccc(Cl)c5n(-c5ccccc5)c34)c21. The van der Waals surface area contributed by atoms with Crippen molar-refractivity contribution in [3.63, 3.8) is 0 Å². The fourth-order valence-electron chi connectivity index (χ4n) is 6.20. The average molecular weight is 486 g/mol. The van der Waals surface area contributed by atoms with E-state index in [1.165, 1.54) is 48.9 Å². The highest BCUT2D eigenvalue weighted by Gasteiger charge is 2.39. The van der Waals surface area contributed by atoms with Crippen LogP contribution in [0.3, 0.4) is 0 Å². The van der Waals surface area contributed by atoms with Crippen LogP contribution in [0.1, 0.15) is 0 Å². The van der Waals surface area contributed by atoms with E-state index in [4.69, 9.17) is 11.6 Å². The first kappa shape index (κ1) is 20.8. The van der Waals surface area contributed by atoms with Crippen molar-refractivity contribution in [3.8, 4) is 27.9 Å². The predicted molar refractivity (Wildman–Crippen MR) is 153 cm³/mol. The van der Waals surface area contributed by atoms with Gasteiger partial charge in [-0.15, -0.1) is 0 Å². The number of fused-ring (bicyclic) bond motifs is 6. The number of rotatable bonds is 2. The quantitative estimate of drug-likeness (QED) is 0.219. The largest absolute Gasteiger partial charge is 0.307 e. The van der Waals surface area contributed by atoms with Crippen LogP contribution >= 0.6 is 11.6 Å². The molecule has 0 N–H and O–H groups in total. The van der Waals surface area contributed by atoms with Crippen LogP contribution in [0.5, 0.6) is 0 Å². The Morgan fingerprint density at radius 2 is 1.11 bits per heavy atom. The second-order valence-electron chi connectivity index (χ2n) is 9.91. The summed E-state index contributed by atoms with van der Waals surface area (Å²) in [7, 11) is -1.88. The lowest BCUT2D eigenvalue weighted by Gasteiger charge is -2.23. The molecule has 1 aliphatic rings. The molecular weight excluding hydrogens is 462 g/mol. The minimum atomic E-state index is -1.88. The van der Waals surface area contributed by atoms with Crippen LogP contribution in [0.15, 0.2) is 109 Å². The van der Waals surface area contributed by atoms with E-state index in [2.05, 4.69) is 121 Å². The molecule has 0 bridgehead atoms. The summed E-state index contributed by atoms with van der Waals surface area (Å²) in [5.74, 6) is 0. The molecule has 0 atom stereocenters. The Hall–Kier alpha value is -3.59. The van der Waals surface area contributed by atoms with Crippen LogP contribution in [0, 0.1) is 0 Å². The van der Waals surface area contributed by atoms with Gasteiger partial charge >= 0.3 is 0 Å². The van der Waals surface area contributed by atoms with E-state index in [9.17, 15) is 0 Å². The molecule has 168 valence electrons.